The minimum atomic E-state index is -3.69. The van der Waals surface area contributed by atoms with Gasteiger partial charge in [0.2, 0.25) is 5.91 Å². The molecule has 1 aromatic rings. The summed E-state index contributed by atoms with van der Waals surface area (Å²) in [6, 6.07) is 4.07. The normalized spacial score (nSPS) is 21.4. The van der Waals surface area contributed by atoms with E-state index < -0.39 is 12.3 Å². The molecule has 26 heavy (non-hydrogen) atoms. The van der Waals surface area contributed by atoms with Crippen LogP contribution in [0.2, 0.25) is 0 Å². The lowest BCUT2D eigenvalue weighted by molar-refractivity contribution is -0.286. The van der Waals surface area contributed by atoms with E-state index >= 15 is 0 Å². The predicted molar refractivity (Wildman–Crippen MR) is 87.3 cm³/mol. The van der Waals surface area contributed by atoms with Gasteiger partial charge in [0.05, 0.1) is 6.54 Å². The second-order valence-electron chi connectivity index (χ2n) is 6.55. The van der Waals surface area contributed by atoms with Crippen molar-refractivity contribution in [2.45, 2.75) is 32.0 Å². The molecule has 0 spiro atoms. The number of nitrogens with zero attached hydrogens (tertiary/aromatic N) is 1. The molecule has 2 aliphatic rings. The zero-order chi connectivity index (χ0) is 18.7. The monoisotopic (exact) mass is 370 g/mol. The summed E-state index contributed by atoms with van der Waals surface area (Å²) in [5, 5.41) is 11.4. The van der Waals surface area contributed by atoms with Crippen LogP contribution in [0, 0.1) is 5.92 Å². The minimum absolute atomic E-state index is 0.0784. The maximum atomic E-state index is 13.0. The molecule has 1 saturated heterocycles. The lowest BCUT2D eigenvalue weighted by Gasteiger charge is -2.32. The molecule has 3 rings (SSSR count). The number of halogens is 2. The van der Waals surface area contributed by atoms with E-state index in [1.807, 2.05) is 4.90 Å². The number of carboxylic acid groups (broad SMARTS) is 1. The van der Waals surface area contributed by atoms with Crippen molar-refractivity contribution >= 4 is 17.6 Å². The molecule has 0 aliphatic carbocycles. The SMILES string of the molecule is O=C(O)CCC1CCCN(CC(=O)Nc2ccc3c(c2)OC(F)(F)O3)C1. The number of rotatable bonds is 6. The van der Waals surface area contributed by atoms with Gasteiger partial charge in [-0.3, -0.25) is 14.5 Å². The third-order valence-corrected chi connectivity index (χ3v) is 4.42. The average Bonchev–Trinajstić information content (AvgIpc) is 2.86. The first-order chi connectivity index (χ1) is 12.3. The van der Waals surface area contributed by atoms with Crippen LogP contribution in [0.4, 0.5) is 14.5 Å². The van der Waals surface area contributed by atoms with Crippen LogP contribution < -0.4 is 14.8 Å². The van der Waals surface area contributed by atoms with Crippen molar-refractivity contribution in [1.29, 1.82) is 0 Å². The number of benzene rings is 1. The Morgan fingerprint density at radius 3 is 2.85 bits per heavy atom. The fourth-order valence-corrected chi connectivity index (χ4v) is 3.29. The van der Waals surface area contributed by atoms with Gasteiger partial charge in [0.1, 0.15) is 0 Å². The van der Waals surface area contributed by atoms with E-state index in [-0.39, 0.29) is 36.3 Å². The number of likely N-dealkylation sites (tertiary alicyclic amines) is 1. The molecular weight excluding hydrogens is 350 g/mol. The number of hydrogen-bond acceptors (Lipinski definition) is 5. The second-order valence-corrected chi connectivity index (χ2v) is 6.55. The molecule has 9 heteroatoms. The summed E-state index contributed by atoms with van der Waals surface area (Å²) >= 11 is 0. The maximum Gasteiger partial charge on any atom is 0.586 e. The van der Waals surface area contributed by atoms with Crippen LogP contribution in [0.3, 0.4) is 0 Å². The number of hydrogen-bond donors (Lipinski definition) is 2. The largest absolute Gasteiger partial charge is 0.586 e. The molecule has 1 aromatic carbocycles. The molecule has 0 aromatic heterocycles. The fraction of sp³-hybridized carbons (Fsp3) is 0.529. The van der Waals surface area contributed by atoms with Crippen LogP contribution in [0.1, 0.15) is 25.7 Å². The Morgan fingerprint density at radius 2 is 2.08 bits per heavy atom. The number of nitrogens with one attached hydrogen (secondary N) is 1. The number of piperidine rings is 1. The van der Waals surface area contributed by atoms with E-state index in [9.17, 15) is 18.4 Å². The number of aliphatic carboxylic acids is 1. The van der Waals surface area contributed by atoms with Crippen molar-refractivity contribution in [1.82, 2.24) is 4.90 Å². The van der Waals surface area contributed by atoms with E-state index in [2.05, 4.69) is 14.8 Å². The van der Waals surface area contributed by atoms with Crippen LogP contribution in [0.25, 0.3) is 0 Å². The van der Waals surface area contributed by atoms with E-state index in [1.54, 1.807) is 0 Å². The molecule has 0 saturated carbocycles. The molecule has 0 radical (unpaired) electrons. The summed E-state index contributed by atoms with van der Waals surface area (Å²) in [5.74, 6) is -1.02. The van der Waals surface area contributed by atoms with Gasteiger partial charge in [-0.05, 0) is 43.9 Å². The highest BCUT2D eigenvalue weighted by Crippen LogP contribution is 2.42. The number of alkyl halides is 2. The van der Waals surface area contributed by atoms with Gasteiger partial charge in [-0.1, -0.05) is 0 Å². The molecular formula is C17H20F2N2O5. The van der Waals surface area contributed by atoms with Crippen molar-refractivity contribution < 1.29 is 33.0 Å². The Morgan fingerprint density at radius 1 is 1.31 bits per heavy atom. The van der Waals surface area contributed by atoms with Crippen LogP contribution >= 0.6 is 0 Å². The predicted octanol–water partition coefficient (Wildman–Crippen LogP) is 2.52. The number of fused-ring (bicyclic) bond motifs is 1. The summed E-state index contributed by atoms with van der Waals surface area (Å²) in [4.78, 5) is 24.9. The van der Waals surface area contributed by atoms with E-state index in [4.69, 9.17) is 5.11 Å². The van der Waals surface area contributed by atoms with Crippen molar-refractivity contribution in [2.75, 3.05) is 25.0 Å². The third kappa shape index (κ3) is 4.81. The Labute approximate surface area is 148 Å². The highest BCUT2D eigenvalue weighted by molar-refractivity contribution is 5.92. The molecule has 7 nitrogen and oxygen atoms in total. The van der Waals surface area contributed by atoms with E-state index in [1.165, 1.54) is 18.2 Å². The number of ether oxygens (including phenoxy) is 2. The van der Waals surface area contributed by atoms with Crippen LogP contribution in [-0.2, 0) is 9.59 Å². The second kappa shape index (κ2) is 7.45. The van der Waals surface area contributed by atoms with Gasteiger partial charge in [0, 0.05) is 24.7 Å². The molecule has 0 bridgehead atoms. The summed E-state index contributed by atoms with van der Waals surface area (Å²) in [6.45, 7) is 1.60. The molecule has 1 atom stereocenters. The van der Waals surface area contributed by atoms with Crippen LogP contribution in [0.5, 0.6) is 11.5 Å². The van der Waals surface area contributed by atoms with Crippen molar-refractivity contribution in [3.05, 3.63) is 18.2 Å². The van der Waals surface area contributed by atoms with Gasteiger partial charge in [-0.25, -0.2) is 0 Å². The summed E-state index contributed by atoms with van der Waals surface area (Å²) < 4.78 is 34.7. The van der Waals surface area contributed by atoms with Gasteiger partial charge in [-0.15, -0.1) is 8.78 Å². The molecule has 1 unspecified atom stereocenters. The van der Waals surface area contributed by atoms with Gasteiger partial charge < -0.3 is 19.9 Å². The molecule has 1 fully saturated rings. The Balaban J connectivity index is 1.51. The maximum absolute atomic E-state index is 13.0. The highest BCUT2D eigenvalue weighted by atomic mass is 19.3. The first-order valence-corrected chi connectivity index (χ1v) is 8.44. The number of carboxylic acids is 1. The Bertz CT molecular complexity index is 698. The van der Waals surface area contributed by atoms with Crippen molar-refractivity contribution in [2.24, 2.45) is 5.92 Å². The number of carbonyl (C=O) groups excluding carboxylic acids is 1. The topological polar surface area (TPSA) is 88.1 Å². The van der Waals surface area contributed by atoms with Crippen LogP contribution in [0.15, 0.2) is 18.2 Å². The van der Waals surface area contributed by atoms with Gasteiger partial charge >= 0.3 is 12.3 Å². The quantitative estimate of drug-likeness (QED) is 0.800. The number of carbonyl (C=O) groups is 2. The van der Waals surface area contributed by atoms with Gasteiger partial charge in [0.25, 0.3) is 0 Å². The van der Waals surface area contributed by atoms with Gasteiger partial charge in [0.15, 0.2) is 11.5 Å². The summed E-state index contributed by atoms with van der Waals surface area (Å²) in [7, 11) is 0. The third-order valence-electron chi connectivity index (χ3n) is 4.42. The standard InChI is InChI=1S/C17H20F2N2O5/c18-17(19)25-13-5-4-12(8-14(13)26-17)20-15(22)10-21-7-1-2-11(9-21)3-6-16(23)24/h4-5,8,11H,1-3,6-7,9-10H2,(H,20,22)(H,23,24). The minimum Gasteiger partial charge on any atom is -0.481 e. The molecule has 142 valence electrons. The lowest BCUT2D eigenvalue weighted by Crippen LogP contribution is -2.40. The molecule has 2 heterocycles. The fourth-order valence-electron chi connectivity index (χ4n) is 3.29. The summed E-state index contributed by atoms with van der Waals surface area (Å²) in [5.41, 5.74) is 0.342. The number of amides is 1. The van der Waals surface area contributed by atoms with Crippen molar-refractivity contribution in [3.63, 3.8) is 0 Å². The summed E-state index contributed by atoms with van der Waals surface area (Å²) in [6.07, 6.45) is -1.08. The van der Waals surface area contributed by atoms with Crippen LogP contribution in [-0.4, -0.2) is 47.8 Å². The first kappa shape index (κ1) is 18.4. The molecule has 2 N–H and O–H groups in total. The zero-order valence-electron chi connectivity index (χ0n) is 14.0. The average molecular weight is 370 g/mol. The molecule has 1 amide bonds. The van der Waals surface area contributed by atoms with Crippen molar-refractivity contribution in [3.8, 4) is 11.5 Å². The smallest absolute Gasteiger partial charge is 0.481 e. The van der Waals surface area contributed by atoms with Gasteiger partial charge in [-0.2, -0.15) is 0 Å². The lowest BCUT2D eigenvalue weighted by atomic mass is 9.93. The zero-order valence-corrected chi connectivity index (χ0v) is 14.0. The first-order valence-electron chi connectivity index (χ1n) is 8.44. The highest BCUT2D eigenvalue weighted by Gasteiger charge is 2.43. The van der Waals surface area contributed by atoms with E-state index in [0.29, 0.717) is 18.7 Å². The number of anilines is 1. The Kier molecular flexibility index (Phi) is 5.26. The molecule has 2 aliphatic heterocycles. The Hall–Kier alpha value is -2.42. The van der Waals surface area contributed by atoms with E-state index in [0.717, 1.165) is 19.4 Å².